The topological polar surface area (TPSA) is 0 Å². The molecule has 0 aromatic carbocycles. The van der Waals surface area contributed by atoms with Gasteiger partial charge in [-0.15, -0.1) is 0 Å². The zero-order valence-electron chi connectivity index (χ0n) is 6.11. The van der Waals surface area contributed by atoms with Crippen molar-refractivity contribution in [3.8, 4) is 0 Å². The quantitative estimate of drug-likeness (QED) is 0.469. The van der Waals surface area contributed by atoms with Gasteiger partial charge in [0.05, 0.1) is 0 Å². The molecular weight excluding hydrogens is 108 g/mol. The van der Waals surface area contributed by atoms with Crippen molar-refractivity contribution in [1.29, 1.82) is 0 Å². The van der Waals surface area contributed by atoms with Gasteiger partial charge in [-0.3, -0.25) is 0 Å². The average Bonchev–Trinajstić information content (AvgIpc) is 2.17. The lowest BCUT2D eigenvalue weighted by Gasteiger charge is -1.89. The Morgan fingerprint density at radius 1 is 1.56 bits per heavy atom. The Morgan fingerprint density at radius 3 is 2.78 bits per heavy atom. The second kappa shape index (κ2) is 2.86. The van der Waals surface area contributed by atoms with Gasteiger partial charge in [0, 0.05) is 0 Å². The molecule has 1 rings (SSSR count). The maximum atomic E-state index is 3.95. The van der Waals surface area contributed by atoms with E-state index in [0.717, 1.165) is 0 Å². The van der Waals surface area contributed by atoms with E-state index in [2.05, 4.69) is 19.6 Å². The first-order valence-electron chi connectivity index (χ1n) is 3.67. The Kier molecular flexibility index (Phi) is 2.10. The van der Waals surface area contributed by atoms with E-state index in [1.807, 2.05) is 0 Å². The minimum atomic E-state index is 1.17. The van der Waals surface area contributed by atoms with Crippen molar-refractivity contribution >= 4 is 0 Å². The molecule has 0 unspecified atom stereocenters. The van der Waals surface area contributed by atoms with E-state index in [1.165, 1.54) is 31.3 Å². The summed E-state index contributed by atoms with van der Waals surface area (Å²) in [5.41, 5.74) is 3.01. The minimum absolute atomic E-state index is 1.17. The maximum absolute atomic E-state index is 3.95. The van der Waals surface area contributed by atoms with Crippen LogP contribution in [0.3, 0.4) is 0 Å². The molecule has 50 valence electrons. The molecule has 0 nitrogen and oxygen atoms in total. The second-order valence-corrected chi connectivity index (χ2v) is 2.70. The van der Waals surface area contributed by atoms with Crippen molar-refractivity contribution in [3.63, 3.8) is 0 Å². The molecule has 0 heteroatoms. The van der Waals surface area contributed by atoms with E-state index in [1.54, 1.807) is 5.57 Å². The standard InChI is InChI=1S/C9H14/c1-3-4-9-6-5-8(2)7-9/h4H,2-3,5-7H2,1H3/b9-4+. The average molecular weight is 122 g/mol. The van der Waals surface area contributed by atoms with Crippen molar-refractivity contribution in [2.45, 2.75) is 32.6 Å². The third kappa shape index (κ3) is 1.70. The highest BCUT2D eigenvalue weighted by atomic mass is 14.1. The van der Waals surface area contributed by atoms with Gasteiger partial charge in [-0.05, 0) is 25.7 Å². The minimum Gasteiger partial charge on any atom is -0.0995 e. The molecule has 0 amide bonds. The molecular formula is C9H14. The first-order chi connectivity index (χ1) is 4.33. The molecule has 9 heavy (non-hydrogen) atoms. The van der Waals surface area contributed by atoms with E-state index in [-0.39, 0.29) is 0 Å². The largest absolute Gasteiger partial charge is 0.0995 e. The monoisotopic (exact) mass is 122 g/mol. The lowest BCUT2D eigenvalue weighted by atomic mass is 10.2. The summed E-state index contributed by atoms with van der Waals surface area (Å²) in [6, 6.07) is 0. The Labute approximate surface area is 57.3 Å². The maximum Gasteiger partial charge on any atom is -0.0111 e. The van der Waals surface area contributed by atoms with Crippen LogP contribution in [0.4, 0.5) is 0 Å². The molecule has 1 fully saturated rings. The SMILES string of the molecule is C=C1CC/C(=C\CC)C1. The highest BCUT2D eigenvalue weighted by Gasteiger charge is 2.08. The van der Waals surface area contributed by atoms with Gasteiger partial charge in [0.2, 0.25) is 0 Å². The van der Waals surface area contributed by atoms with Gasteiger partial charge in [-0.1, -0.05) is 30.7 Å². The summed E-state index contributed by atoms with van der Waals surface area (Å²) in [6.07, 6.45) is 7.19. The molecule has 0 radical (unpaired) electrons. The van der Waals surface area contributed by atoms with Crippen molar-refractivity contribution in [2.75, 3.05) is 0 Å². The Hall–Kier alpha value is -0.520. The summed E-state index contributed by atoms with van der Waals surface area (Å²) in [5.74, 6) is 0. The third-order valence-corrected chi connectivity index (χ3v) is 1.77. The summed E-state index contributed by atoms with van der Waals surface area (Å²) in [5, 5.41) is 0. The van der Waals surface area contributed by atoms with E-state index in [9.17, 15) is 0 Å². The number of hydrogen-bond acceptors (Lipinski definition) is 0. The smallest absolute Gasteiger partial charge is 0.0111 e. The van der Waals surface area contributed by atoms with Crippen LogP contribution in [-0.2, 0) is 0 Å². The van der Waals surface area contributed by atoms with Crippen LogP contribution in [0.1, 0.15) is 32.6 Å². The molecule has 1 aliphatic carbocycles. The molecule has 1 aliphatic rings. The molecule has 0 bridgehead atoms. The molecule has 0 spiro atoms. The molecule has 1 saturated carbocycles. The summed E-state index contributed by atoms with van der Waals surface area (Å²) >= 11 is 0. The molecule has 0 saturated heterocycles. The summed E-state index contributed by atoms with van der Waals surface area (Å²) in [6.45, 7) is 6.13. The van der Waals surface area contributed by atoms with Crippen LogP contribution in [0.5, 0.6) is 0 Å². The van der Waals surface area contributed by atoms with Crippen LogP contribution in [0, 0.1) is 0 Å². The highest BCUT2D eigenvalue weighted by Crippen LogP contribution is 2.27. The molecule has 0 N–H and O–H groups in total. The van der Waals surface area contributed by atoms with Crippen molar-refractivity contribution in [2.24, 2.45) is 0 Å². The lowest BCUT2D eigenvalue weighted by Crippen LogP contribution is -1.69. The van der Waals surface area contributed by atoms with Gasteiger partial charge < -0.3 is 0 Å². The molecule has 0 aliphatic heterocycles. The number of rotatable bonds is 1. The van der Waals surface area contributed by atoms with Gasteiger partial charge in [-0.25, -0.2) is 0 Å². The predicted molar refractivity (Wildman–Crippen MR) is 41.4 cm³/mol. The van der Waals surface area contributed by atoms with E-state index in [4.69, 9.17) is 0 Å². The van der Waals surface area contributed by atoms with Crippen molar-refractivity contribution in [3.05, 3.63) is 23.8 Å². The second-order valence-electron chi connectivity index (χ2n) is 2.70. The summed E-state index contributed by atoms with van der Waals surface area (Å²) < 4.78 is 0. The molecule has 0 aromatic rings. The van der Waals surface area contributed by atoms with Gasteiger partial charge >= 0.3 is 0 Å². The van der Waals surface area contributed by atoms with Crippen LogP contribution in [0.2, 0.25) is 0 Å². The van der Waals surface area contributed by atoms with Gasteiger partial charge in [0.25, 0.3) is 0 Å². The fourth-order valence-corrected chi connectivity index (χ4v) is 1.30. The zero-order valence-corrected chi connectivity index (χ0v) is 6.11. The van der Waals surface area contributed by atoms with Crippen molar-refractivity contribution < 1.29 is 0 Å². The van der Waals surface area contributed by atoms with E-state index < -0.39 is 0 Å². The van der Waals surface area contributed by atoms with Gasteiger partial charge in [-0.2, -0.15) is 0 Å². The number of hydrogen-bond donors (Lipinski definition) is 0. The van der Waals surface area contributed by atoms with Crippen molar-refractivity contribution in [1.82, 2.24) is 0 Å². The zero-order chi connectivity index (χ0) is 6.69. The molecule has 0 atom stereocenters. The van der Waals surface area contributed by atoms with E-state index in [0.29, 0.717) is 0 Å². The van der Waals surface area contributed by atoms with Crippen LogP contribution in [-0.4, -0.2) is 0 Å². The molecule has 0 aromatic heterocycles. The van der Waals surface area contributed by atoms with Crippen LogP contribution >= 0.6 is 0 Å². The van der Waals surface area contributed by atoms with Crippen LogP contribution in [0.15, 0.2) is 23.8 Å². The Bertz CT molecular complexity index is 140. The lowest BCUT2D eigenvalue weighted by molar-refractivity contribution is 1.04. The van der Waals surface area contributed by atoms with Crippen LogP contribution < -0.4 is 0 Å². The van der Waals surface area contributed by atoms with E-state index >= 15 is 0 Å². The fourth-order valence-electron chi connectivity index (χ4n) is 1.30. The fraction of sp³-hybridized carbons (Fsp3) is 0.556. The first kappa shape index (κ1) is 6.60. The van der Waals surface area contributed by atoms with Gasteiger partial charge in [0.15, 0.2) is 0 Å². The predicted octanol–water partition coefficient (Wildman–Crippen LogP) is 3.06. The van der Waals surface area contributed by atoms with Crippen LogP contribution in [0.25, 0.3) is 0 Å². The highest BCUT2D eigenvalue weighted by molar-refractivity contribution is 5.20. The number of allylic oxidation sites excluding steroid dienone is 3. The van der Waals surface area contributed by atoms with Gasteiger partial charge in [0.1, 0.15) is 0 Å². The summed E-state index contributed by atoms with van der Waals surface area (Å²) in [4.78, 5) is 0. The Balaban J connectivity index is 2.47. The normalized spacial score (nSPS) is 23.7. The molecule has 0 heterocycles. The third-order valence-electron chi connectivity index (χ3n) is 1.77. The Morgan fingerprint density at radius 2 is 2.33 bits per heavy atom. The first-order valence-corrected chi connectivity index (χ1v) is 3.67. The summed E-state index contributed by atoms with van der Waals surface area (Å²) in [7, 11) is 0.